The van der Waals surface area contributed by atoms with E-state index in [0.717, 1.165) is 25.1 Å². The van der Waals surface area contributed by atoms with Crippen LogP contribution in [0.4, 0.5) is 0 Å². The molecule has 0 bridgehead atoms. The molecule has 5 nitrogen and oxygen atoms in total. The van der Waals surface area contributed by atoms with E-state index in [4.69, 9.17) is 4.74 Å². The molecule has 5 heteroatoms. The topological polar surface area (TPSA) is 67.4 Å². The first-order valence-corrected chi connectivity index (χ1v) is 8.42. The fourth-order valence-corrected chi connectivity index (χ4v) is 2.77. The van der Waals surface area contributed by atoms with Crippen LogP contribution in [0.3, 0.4) is 0 Å². The number of benzene rings is 1. The Kier molecular flexibility index (Phi) is 7.07. The van der Waals surface area contributed by atoms with Gasteiger partial charge in [-0.2, -0.15) is 0 Å². The van der Waals surface area contributed by atoms with Crippen molar-refractivity contribution in [3.8, 4) is 0 Å². The second kappa shape index (κ2) is 9.30. The van der Waals surface area contributed by atoms with E-state index in [1.165, 1.54) is 12.8 Å². The van der Waals surface area contributed by atoms with Gasteiger partial charge in [0.2, 0.25) is 5.91 Å². The molecular formula is C18H26N2O3. The second-order valence-corrected chi connectivity index (χ2v) is 5.93. The highest BCUT2D eigenvalue weighted by molar-refractivity contribution is 5.89. The van der Waals surface area contributed by atoms with E-state index in [1.54, 1.807) is 19.1 Å². The van der Waals surface area contributed by atoms with Crippen LogP contribution < -0.4 is 10.6 Å². The van der Waals surface area contributed by atoms with E-state index in [-0.39, 0.29) is 11.9 Å². The van der Waals surface area contributed by atoms with Crippen LogP contribution in [-0.2, 0) is 16.1 Å². The molecule has 2 rings (SSSR count). The lowest BCUT2D eigenvalue weighted by atomic mass is 9.93. The van der Waals surface area contributed by atoms with Gasteiger partial charge < -0.3 is 15.4 Å². The zero-order valence-corrected chi connectivity index (χ0v) is 13.8. The van der Waals surface area contributed by atoms with Crippen LogP contribution in [0.1, 0.15) is 48.5 Å². The Labute approximate surface area is 137 Å². The fraction of sp³-hybridized carbons (Fsp3) is 0.556. The molecule has 126 valence electrons. The van der Waals surface area contributed by atoms with Crippen molar-refractivity contribution in [2.45, 2.75) is 39.2 Å². The van der Waals surface area contributed by atoms with Gasteiger partial charge >= 0.3 is 5.97 Å². The van der Waals surface area contributed by atoms with Crippen molar-refractivity contribution in [2.24, 2.45) is 5.92 Å². The van der Waals surface area contributed by atoms with Crippen LogP contribution in [0, 0.1) is 5.92 Å². The summed E-state index contributed by atoms with van der Waals surface area (Å²) in [5.41, 5.74) is 1.51. The van der Waals surface area contributed by atoms with Crippen molar-refractivity contribution in [1.82, 2.24) is 10.6 Å². The zero-order chi connectivity index (χ0) is 16.5. The van der Waals surface area contributed by atoms with Crippen LogP contribution in [0.25, 0.3) is 0 Å². The molecule has 1 fully saturated rings. The highest BCUT2D eigenvalue weighted by Gasteiger charge is 2.14. The summed E-state index contributed by atoms with van der Waals surface area (Å²) in [6.07, 6.45) is 3.89. The van der Waals surface area contributed by atoms with Crippen LogP contribution in [0.15, 0.2) is 24.3 Å². The number of nitrogens with one attached hydrogen (secondary N) is 2. The molecule has 1 aliphatic rings. The van der Waals surface area contributed by atoms with Gasteiger partial charge in [-0.1, -0.05) is 12.1 Å². The monoisotopic (exact) mass is 318 g/mol. The molecule has 0 aliphatic carbocycles. The predicted octanol–water partition coefficient (Wildman–Crippen LogP) is 2.26. The van der Waals surface area contributed by atoms with Gasteiger partial charge in [0.1, 0.15) is 0 Å². The van der Waals surface area contributed by atoms with Gasteiger partial charge in [-0.05, 0) is 62.9 Å². The number of carbonyl (C=O) groups is 2. The third-order valence-corrected chi connectivity index (χ3v) is 4.19. The molecule has 1 aliphatic heterocycles. The molecule has 1 aromatic carbocycles. The lowest BCUT2D eigenvalue weighted by Gasteiger charge is -2.22. The smallest absolute Gasteiger partial charge is 0.338 e. The third kappa shape index (κ3) is 6.02. The molecule has 1 heterocycles. The van der Waals surface area contributed by atoms with Crippen LogP contribution in [0.5, 0.6) is 0 Å². The lowest BCUT2D eigenvalue weighted by molar-refractivity contribution is -0.121. The Morgan fingerprint density at radius 3 is 2.57 bits per heavy atom. The highest BCUT2D eigenvalue weighted by Crippen LogP contribution is 2.17. The van der Waals surface area contributed by atoms with Crippen molar-refractivity contribution >= 4 is 11.9 Å². The first-order chi connectivity index (χ1) is 11.2. The zero-order valence-electron chi connectivity index (χ0n) is 13.8. The van der Waals surface area contributed by atoms with E-state index >= 15 is 0 Å². The van der Waals surface area contributed by atoms with Gasteiger partial charge in [-0.25, -0.2) is 4.79 Å². The number of esters is 1. The molecule has 0 radical (unpaired) electrons. The average Bonchev–Trinajstić information content (AvgIpc) is 2.59. The minimum absolute atomic E-state index is 0.0954. The Morgan fingerprint density at radius 1 is 1.22 bits per heavy atom. The molecule has 2 N–H and O–H groups in total. The van der Waals surface area contributed by atoms with Crippen LogP contribution in [0.2, 0.25) is 0 Å². The summed E-state index contributed by atoms with van der Waals surface area (Å²) in [5, 5.41) is 6.28. The SMILES string of the molecule is CCOC(=O)c1ccc(CNC(=O)CCC2CCNCC2)cc1. The molecule has 1 saturated heterocycles. The van der Waals surface area contributed by atoms with Crippen LogP contribution in [-0.4, -0.2) is 31.6 Å². The Morgan fingerprint density at radius 2 is 1.91 bits per heavy atom. The van der Waals surface area contributed by atoms with Gasteiger partial charge in [0, 0.05) is 13.0 Å². The summed E-state index contributed by atoms with van der Waals surface area (Å²) < 4.78 is 4.94. The van der Waals surface area contributed by atoms with E-state index in [9.17, 15) is 9.59 Å². The fourth-order valence-electron chi connectivity index (χ4n) is 2.77. The van der Waals surface area contributed by atoms with Gasteiger partial charge in [0.25, 0.3) is 0 Å². The Hall–Kier alpha value is -1.88. The number of rotatable bonds is 7. The summed E-state index contributed by atoms with van der Waals surface area (Å²) >= 11 is 0. The van der Waals surface area contributed by atoms with E-state index < -0.39 is 0 Å². The van der Waals surface area contributed by atoms with Crippen molar-refractivity contribution in [1.29, 1.82) is 0 Å². The van der Waals surface area contributed by atoms with E-state index in [1.807, 2.05) is 12.1 Å². The molecule has 0 saturated carbocycles. The van der Waals surface area contributed by atoms with Gasteiger partial charge in [-0.3, -0.25) is 4.79 Å². The average molecular weight is 318 g/mol. The largest absolute Gasteiger partial charge is 0.462 e. The number of ether oxygens (including phenoxy) is 1. The minimum atomic E-state index is -0.315. The van der Waals surface area contributed by atoms with Crippen molar-refractivity contribution in [3.05, 3.63) is 35.4 Å². The van der Waals surface area contributed by atoms with E-state index in [0.29, 0.717) is 31.1 Å². The Bertz CT molecular complexity index is 508. The summed E-state index contributed by atoms with van der Waals surface area (Å²) in [4.78, 5) is 23.5. The summed E-state index contributed by atoms with van der Waals surface area (Å²) in [5.74, 6) is 0.453. The quantitative estimate of drug-likeness (QED) is 0.757. The van der Waals surface area contributed by atoms with Gasteiger partial charge in [0.15, 0.2) is 0 Å². The summed E-state index contributed by atoms with van der Waals surface area (Å²) in [6, 6.07) is 7.15. The molecule has 1 amide bonds. The molecule has 0 atom stereocenters. The molecule has 1 aromatic rings. The Balaban J connectivity index is 1.70. The standard InChI is InChI=1S/C18H26N2O3/c1-2-23-18(22)16-6-3-15(4-7-16)13-20-17(21)8-5-14-9-11-19-12-10-14/h3-4,6-7,14,19H,2,5,8-13H2,1H3,(H,20,21). The highest BCUT2D eigenvalue weighted by atomic mass is 16.5. The summed E-state index contributed by atoms with van der Waals surface area (Å²) in [7, 11) is 0. The van der Waals surface area contributed by atoms with Crippen molar-refractivity contribution in [2.75, 3.05) is 19.7 Å². The van der Waals surface area contributed by atoms with Crippen molar-refractivity contribution < 1.29 is 14.3 Å². The maximum absolute atomic E-state index is 11.9. The second-order valence-electron chi connectivity index (χ2n) is 5.93. The maximum atomic E-state index is 11.9. The number of hydrogen-bond acceptors (Lipinski definition) is 4. The van der Waals surface area contributed by atoms with Crippen LogP contribution >= 0.6 is 0 Å². The first kappa shape index (κ1) is 17.5. The molecule has 23 heavy (non-hydrogen) atoms. The molecule has 0 aromatic heterocycles. The number of amides is 1. The molecular weight excluding hydrogens is 292 g/mol. The normalized spacial score (nSPS) is 15.2. The maximum Gasteiger partial charge on any atom is 0.338 e. The number of piperidine rings is 1. The predicted molar refractivity (Wildman–Crippen MR) is 89.1 cm³/mol. The van der Waals surface area contributed by atoms with Gasteiger partial charge in [0.05, 0.1) is 12.2 Å². The van der Waals surface area contributed by atoms with E-state index in [2.05, 4.69) is 10.6 Å². The van der Waals surface area contributed by atoms with Crippen molar-refractivity contribution in [3.63, 3.8) is 0 Å². The molecule has 0 unspecified atom stereocenters. The summed E-state index contributed by atoms with van der Waals surface area (Å²) in [6.45, 7) is 4.78. The number of carbonyl (C=O) groups excluding carboxylic acids is 2. The third-order valence-electron chi connectivity index (χ3n) is 4.19. The molecule has 0 spiro atoms. The minimum Gasteiger partial charge on any atom is -0.462 e. The lowest BCUT2D eigenvalue weighted by Crippen LogP contribution is -2.29. The van der Waals surface area contributed by atoms with Gasteiger partial charge in [-0.15, -0.1) is 0 Å². The first-order valence-electron chi connectivity index (χ1n) is 8.42. The number of hydrogen-bond donors (Lipinski definition) is 2.